The average molecular weight is 275 g/mol. The van der Waals surface area contributed by atoms with Crippen molar-refractivity contribution in [3.8, 4) is 0 Å². The Morgan fingerprint density at radius 3 is 1.36 bits per heavy atom. The van der Waals surface area contributed by atoms with Crippen LogP contribution in [-0.4, -0.2) is 27.2 Å². The predicted molar refractivity (Wildman–Crippen MR) is 56.4 cm³/mol. The van der Waals surface area contributed by atoms with Crippen LogP contribution in [0, 0.1) is 0 Å². The van der Waals surface area contributed by atoms with Gasteiger partial charge in [0.2, 0.25) is 0 Å². The van der Waals surface area contributed by atoms with Gasteiger partial charge in [0.25, 0.3) is 0 Å². The summed E-state index contributed by atoms with van der Waals surface area (Å²) < 4.78 is 6.06. The van der Waals surface area contributed by atoms with Crippen molar-refractivity contribution in [3.63, 3.8) is 0 Å². The first-order valence-corrected chi connectivity index (χ1v) is 16.3. The topological polar surface area (TPSA) is 9.23 Å². The molecule has 0 aliphatic heterocycles. The van der Waals surface area contributed by atoms with Gasteiger partial charge >= 0.3 is 76.0 Å². The van der Waals surface area contributed by atoms with E-state index >= 15 is 0 Å². The van der Waals surface area contributed by atoms with Gasteiger partial charge < -0.3 is 0 Å². The summed E-state index contributed by atoms with van der Waals surface area (Å²) in [5, 5.41) is 0. The molecule has 0 aromatic carbocycles. The van der Waals surface area contributed by atoms with Crippen molar-refractivity contribution in [2.45, 2.75) is 23.0 Å². The second-order valence-corrected chi connectivity index (χ2v) is 21.5. The molecule has 0 bridgehead atoms. The van der Waals surface area contributed by atoms with Gasteiger partial charge in [-0.1, -0.05) is 0 Å². The second-order valence-electron chi connectivity index (χ2n) is 3.72. The fraction of sp³-hybridized carbons (Fsp3) is 0.500. The van der Waals surface area contributed by atoms with E-state index in [0.717, 1.165) is 0 Å². The van der Waals surface area contributed by atoms with Crippen LogP contribution in [0.2, 0.25) is 23.0 Å². The monoisotopic (exact) mass is 278 g/mol. The Hall–Kier alpha value is 0.526. The van der Waals surface area contributed by atoms with Crippen molar-refractivity contribution in [1.29, 1.82) is 0 Å². The molecule has 0 aromatic heterocycles. The molecular weight excluding hydrogens is 257 g/mol. The number of hydrogen-bond donors (Lipinski definition) is 0. The molecule has 11 heavy (non-hydrogen) atoms. The van der Waals surface area contributed by atoms with E-state index in [0.29, 0.717) is 0 Å². The summed E-state index contributed by atoms with van der Waals surface area (Å²) in [5.74, 6) is 8.85. The maximum absolute atomic E-state index is 6.06. The zero-order valence-corrected chi connectivity index (χ0v) is 12.2. The summed E-state index contributed by atoms with van der Waals surface area (Å²) in [6.07, 6.45) is 0. The van der Waals surface area contributed by atoms with E-state index in [9.17, 15) is 0 Å². The quantitative estimate of drug-likeness (QED) is 0.717. The van der Waals surface area contributed by atoms with E-state index in [1.54, 1.807) is 0 Å². The molecule has 0 amide bonds. The predicted octanol–water partition coefficient (Wildman–Crippen LogP) is 2.86. The molecule has 3 heteroatoms. The molecule has 0 atom stereocenters. The molecule has 0 spiro atoms. The van der Waals surface area contributed by atoms with Gasteiger partial charge in [-0.05, 0) is 0 Å². The van der Waals surface area contributed by atoms with E-state index in [1.165, 1.54) is 0 Å². The third-order valence-corrected chi connectivity index (χ3v) is 19.3. The van der Waals surface area contributed by atoms with Gasteiger partial charge in [0, 0.05) is 0 Å². The average Bonchev–Trinajstić information content (AvgIpc) is 1.86. The molecule has 0 fully saturated rings. The van der Waals surface area contributed by atoms with Crippen LogP contribution >= 0.6 is 0 Å². The van der Waals surface area contributed by atoms with Crippen molar-refractivity contribution in [3.05, 3.63) is 23.0 Å². The van der Waals surface area contributed by atoms with Crippen LogP contribution in [0.25, 0.3) is 0 Å². The van der Waals surface area contributed by atoms with Gasteiger partial charge in [-0.15, -0.1) is 0 Å². The van der Waals surface area contributed by atoms with Crippen molar-refractivity contribution in [1.82, 2.24) is 0 Å². The van der Waals surface area contributed by atoms with Gasteiger partial charge in [0.05, 0.1) is 0 Å². The first-order chi connectivity index (χ1) is 4.83. The second kappa shape index (κ2) is 3.96. The molecule has 1 nitrogen and oxygen atoms in total. The van der Waals surface area contributed by atoms with Gasteiger partial charge in [-0.2, -0.15) is 0 Å². The van der Waals surface area contributed by atoms with Gasteiger partial charge in [-0.25, -0.2) is 0 Å². The molecule has 0 saturated heterocycles. The minimum atomic E-state index is -2.03. The van der Waals surface area contributed by atoms with Gasteiger partial charge in [0.15, 0.2) is 0 Å². The molecule has 64 valence electrons. The van der Waals surface area contributed by atoms with Crippen molar-refractivity contribution in [2.75, 3.05) is 0 Å². The van der Waals surface area contributed by atoms with Gasteiger partial charge in [0.1, 0.15) is 0 Å². The molecule has 0 aromatic rings. The van der Waals surface area contributed by atoms with Crippen molar-refractivity contribution in [2.24, 2.45) is 0 Å². The van der Waals surface area contributed by atoms with Crippen LogP contribution in [0.4, 0.5) is 0 Å². The molecule has 0 aliphatic carbocycles. The Morgan fingerprint density at radius 1 is 0.909 bits per heavy atom. The fourth-order valence-corrected chi connectivity index (χ4v) is 20.6. The Balaban J connectivity index is 4.23. The summed E-state index contributed by atoms with van der Waals surface area (Å²) in [5.41, 5.74) is 0. The SMILES string of the molecule is C=[CH][Ge]([CH3])([CH3])[O][Ge]([CH3])([CH3])[CH]=C. The molecular formula is C8H18Ge2O. The Labute approximate surface area is 75.9 Å². The third-order valence-electron chi connectivity index (χ3n) is 1.51. The molecule has 0 unspecified atom stereocenters. The van der Waals surface area contributed by atoms with Crippen LogP contribution in [-0.2, 0) is 2.79 Å². The molecule has 0 saturated carbocycles. The van der Waals surface area contributed by atoms with E-state index in [2.05, 4.69) is 36.2 Å². The summed E-state index contributed by atoms with van der Waals surface area (Å²) in [6, 6.07) is 0. The Morgan fingerprint density at radius 2 is 1.18 bits per heavy atom. The molecule has 0 heterocycles. The summed E-state index contributed by atoms with van der Waals surface area (Å²) in [6.45, 7) is 7.61. The Bertz CT molecular complexity index is 143. The molecule has 0 radical (unpaired) electrons. The molecule has 0 aliphatic rings. The van der Waals surface area contributed by atoms with E-state index in [4.69, 9.17) is 2.79 Å². The minimum absolute atomic E-state index is 2.02. The van der Waals surface area contributed by atoms with E-state index in [1.807, 2.05) is 9.82 Å². The van der Waals surface area contributed by atoms with Gasteiger partial charge in [-0.3, -0.25) is 0 Å². The first kappa shape index (κ1) is 11.5. The van der Waals surface area contributed by atoms with Crippen LogP contribution in [0.3, 0.4) is 0 Å². The molecule has 0 rings (SSSR count). The Kier molecular flexibility index (Phi) is 4.15. The number of hydrogen-bond acceptors (Lipinski definition) is 1. The standard InChI is InChI=1S/C8H18Ge2O/c1-7-9(3,4)11-10(5,6)8-2/h7-8H,1-2H2,3-6H3. The summed E-state index contributed by atoms with van der Waals surface area (Å²) in [7, 11) is 0. The zero-order valence-electron chi connectivity index (χ0n) is 7.98. The summed E-state index contributed by atoms with van der Waals surface area (Å²) >= 11 is -4.07. The van der Waals surface area contributed by atoms with Crippen LogP contribution in [0.5, 0.6) is 0 Å². The maximum atomic E-state index is 6.06. The van der Waals surface area contributed by atoms with Crippen molar-refractivity contribution < 1.29 is 2.79 Å². The molecule has 0 N–H and O–H groups in total. The first-order valence-electron chi connectivity index (χ1n) is 3.80. The third kappa shape index (κ3) is 4.88. The number of rotatable bonds is 4. The van der Waals surface area contributed by atoms with Crippen LogP contribution < -0.4 is 0 Å². The normalized spacial score (nSPS) is 12.7. The van der Waals surface area contributed by atoms with Crippen molar-refractivity contribution >= 4 is 27.2 Å². The van der Waals surface area contributed by atoms with E-state index in [-0.39, 0.29) is 0 Å². The van der Waals surface area contributed by atoms with Crippen LogP contribution in [0.1, 0.15) is 0 Å². The van der Waals surface area contributed by atoms with Crippen LogP contribution in [0.15, 0.2) is 23.0 Å². The summed E-state index contributed by atoms with van der Waals surface area (Å²) in [4.78, 5) is 4.05. The fourth-order valence-electron chi connectivity index (χ4n) is 0.761. The zero-order chi connectivity index (χ0) is 9.12. The van der Waals surface area contributed by atoms with E-state index < -0.39 is 27.2 Å².